The van der Waals surface area contributed by atoms with Crippen LogP contribution in [0.4, 0.5) is 0 Å². The number of rotatable bonds is 3. The molecule has 3 nitrogen and oxygen atoms in total. The van der Waals surface area contributed by atoms with Gasteiger partial charge >= 0.3 is 0 Å². The number of methoxy groups -OCH3 is 1. The fraction of sp³-hybridized carbons (Fsp3) is 0.211. The van der Waals surface area contributed by atoms with E-state index in [1.807, 2.05) is 42.5 Å². The number of ether oxygens (including phenoxy) is 2. The van der Waals surface area contributed by atoms with Crippen molar-refractivity contribution in [2.45, 2.75) is 19.3 Å². The Morgan fingerprint density at radius 1 is 0.909 bits per heavy atom. The maximum Gasteiger partial charge on any atom is 0.169 e. The molecule has 2 aromatic rings. The number of fused-ring (bicyclic) bond motifs is 1. The molecule has 0 atom stereocenters. The molecule has 0 spiro atoms. The van der Waals surface area contributed by atoms with Crippen molar-refractivity contribution in [1.29, 1.82) is 0 Å². The molecule has 0 heterocycles. The summed E-state index contributed by atoms with van der Waals surface area (Å²) in [5.74, 6) is 1.94. The predicted octanol–water partition coefficient (Wildman–Crippen LogP) is 4.02. The van der Waals surface area contributed by atoms with E-state index in [0.717, 1.165) is 18.4 Å². The highest BCUT2D eigenvalue weighted by Gasteiger charge is 2.16. The summed E-state index contributed by atoms with van der Waals surface area (Å²) < 4.78 is 11.3. The molecule has 2 aromatic carbocycles. The van der Waals surface area contributed by atoms with E-state index in [1.54, 1.807) is 13.2 Å². The van der Waals surface area contributed by atoms with Crippen molar-refractivity contribution in [3.63, 3.8) is 0 Å². The Labute approximate surface area is 130 Å². The molecule has 0 saturated heterocycles. The average Bonchev–Trinajstić information content (AvgIpc) is 2.54. The van der Waals surface area contributed by atoms with Crippen LogP contribution in [-0.2, 0) is 11.2 Å². The first-order valence-electron chi connectivity index (χ1n) is 7.41. The zero-order valence-electron chi connectivity index (χ0n) is 12.5. The second-order valence-electron chi connectivity index (χ2n) is 5.24. The van der Waals surface area contributed by atoms with Gasteiger partial charge in [-0.15, -0.1) is 0 Å². The average molecular weight is 294 g/mol. The standard InChI is InChI=1S/C19H18O3/c1-21-17-11-4-5-12-18(17)22-19-13-15(20)9-6-8-14-7-2-3-10-16(14)19/h2-5,7,10-13H,6,8-9H2,1H3. The summed E-state index contributed by atoms with van der Waals surface area (Å²) in [5, 5.41) is 0. The van der Waals surface area contributed by atoms with Crippen LogP contribution in [0.5, 0.6) is 11.5 Å². The van der Waals surface area contributed by atoms with Gasteiger partial charge in [-0.05, 0) is 30.5 Å². The third kappa shape index (κ3) is 3.03. The van der Waals surface area contributed by atoms with E-state index in [2.05, 4.69) is 6.07 Å². The van der Waals surface area contributed by atoms with Crippen LogP contribution in [0.3, 0.4) is 0 Å². The van der Waals surface area contributed by atoms with Crippen molar-refractivity contribution >= 4 is 11.5 Å². The second-order valence-corrected chi connectivity index (χ2v) is 5.24. The minimum Gasteiger partial charge on any atom is -0.493 e. The van der Waals surface area contributed by atoms with E-state index in [4.69, 9.17) is 9.47 Å². The third-order valence-electron chi connectivity index (χ3n) is 3.73. The van der Waals surface area contributed by atoms with Gasteiger partial charge in [0.05, 0.1) is 7.11 Å². The number of ketones is 1. The topological polar surface area (TPSA) is 35.5 Å². The van der Waals surface area contributed by atoms with Gasteiger partial charge in [0, 0.05) is 18.1 Å². The lowest BCUT2D eigenvalue weighted by Gasteiger charge is -2.17. The fourth-order valence-corrected chi connectivity index (χ4v) is 2.63. The van der Waals surface area contributed by atoms with Crippen LogP contribution in [0, 0.1) is 0 Å². The van der Waals surface area contributed by atoms with Crippen molar-refractivity contribution in [1.82, 2.24) is 0 Å². The first kappa shape index (κ1) is 14.4. The zero-order chi connectivity index (χ0) is 15.4. The Kier molecular flexibility index (Phi) is 4.24. The highest BCUT2D eigenvalue weighted by atomic mass is 16.5. The van der Waals surface area contributed by atoms with Gasteiger partial charge in [-0.1, -0.05) is 36.4 Å². The largest absolute Gasteiger partial charge is 0.493 e. The predicted molar refractivity (Wildman–Crippen MR) is 86.0 cm³/mol. The maximum atomic E-state index is 12.0. The molecule has 0 N–H and O–H groups in total. The molecule has 0 unspecified atom stereocenters. The number of allylic oxidation sites excluding steroid dienone is 1. The van der Waals surface area contributed by atoms with Gasteiger partial charge < -0.3 is 9.47 Å². The van der Waals surface area contributed by atoms with E-state index in [9.17, 15) is 4.79 Å². The minimum atomic E-state index is 0.0967. The van der Waals surface area contributed by atoms with Gasteiger partial charge in [0.2, 0.25) is 0 Å². The van der Waals surface area contributed by atoms with Gasteiger partial charge in [-0.3, -0.25) is 4.79 Å². The summed E-state index contributed by atoms with van der Waals surface area (Å²) >= 11 is 0. The fourth-order valence-electron chi connectivity index (χ4n) is 2.63. The Bertz CT molecular complexity index is 716. The lowest BCUT2D eigenvalue weighted by Crippen LogP contribution is -2.07. The van der Waals surface area contributed by atoms with Crippen molar-refractivity contribution in [3.05, 3.63) is 65.7 Å². The second kappa shape index (κ2) is 6.48. The van der Waals surface area contributed by atoms with Crippen LogP contribution >= 0.6 is 0 Å². The van der Waals surface area contributed by atoms with Gasteiger partial charge in [0.15, 0.2) is 17.3 Å². The van der Waals surface area contributed by atoms with Gasteiger partial charge in [-0.2, -0.15) is 0 Å². The summed E-state index contributed by atoms with van der Waals surface area (Å²) in [4.78, 5) is 12.0. The number of carbonyl (C=O) groups excluding carboxylic acids is 1. The molecule has 1 aliphatic rings. The zero-order valence-corrected chi connectivity index (χ0v) is 12.5. The highest BCUT2D eigenvalue weighted by molar-refractivity contribution is 5.96. The summed E-state index contributed by atoms with van der Waals surface area (Å²) in [6, 6.07) is 15.5. The van der Waals surface area contributed by atoms with Crippen LogP contribution in [0.2, 0.25) is 0 Å². The smallest absolute Gasteiger partial charge is 0.169 e. The summed E-state index contributed by atoms with van der Waals surface area (Å²) in [5.41, 5.74) is 2.18. The normalized spacial score (nSPS) is 14.4. The Hall–Kier alpha value is -2.55. The van der Waals surface area contributed by atoms with Crippen LogP contribution < -0.4 is 9.47 Å². The Morgan fingerprint density at radius 3 is 2.45 bits per heavy atom. The van der Waals surface area contributed by atoms with Crippen LogP contribution in [-0.4, -0.2) is 12.9 Å². The van der Waals surface area contributed by atoms with Gasteiger partial charge in [0.1, 0.15) is 5.76 Å². The van der Waals surface area contributed by atoms with E-state index >= 15 is 0 Å². The van der Waals surface area contributed by atoms with E-state index in [-0.39, 0.29) is 5.78 Å². The monoisotopic (exact) mass is 294 g/mol. The molecule has 0 bridgehead atoms. The lowest BCUT2D eigenvalue weighted by atomic mass is 9.96. The highest BCUT2D eigenvalue weighted by Crippen LogP contribution is 2.32. The van der Waals surface area contributed by atoms with Crippen molar-refractivity contribution in [2.75, 3.05) is 7.11 Å². The number of aryl methyl sites for hydroxylation is 1. The summed E-state index contributed by atoms with van der Waals surface area (Å²) in [7, 11) is 1.60. The SMILES string of the molecule is COc1ccccc1OC1=CC(=O)CCCc2ccccc21. The van der Waals surface area contributed by atoms with Crippen LogP contribution in [0.15, 0.2) is 54.6 Å². The molecule has 22 heavy (non-hydrogen) atoms. The molecule has 0 aromatic heterocycles. The number of hydrogen-bond donors (Lipinski definition) is 0. The van der Waals surface area contributed by atoms with Gasteiger partial charge in [0.25, 0.3) is 0 Å². The Morgan fingerprint density at radius 2 is 1.64 bits per heavy atom. The number of hydrogen-bond acceptors (Lipinski definition) is 3. The van der Waals surface area contributed by atoms with Gasteiger partial charge in [-0.25, -0.2) is 0 Å². The lowest BCUT2D eigenvalue weighted by molar-refractivity contribution is -0.114. The molecular formula is C19H18O3. The van der Waals surface area contributed by atoms with Crippen molar-refractivity contribution in [3.8, 4) is 11.5 Å². The molecule has 0 fully saturated rings. The first-order valence-corrected chi connectivity index (χ1v) is 7.41. The molecule has 112 valence electrons. The molecule has 3 heteroatoms. The molecule has 3 rings (SSSR count). The third-order valence-corrected chi connectivity index (χ3v) is 3.73. The minimum absolute atomic E-state index is 0.0967. The number of carbonyl (C=O) groups is 1. The van der Waals surface area contributed by atoms with Crippen LogP contribution in [0.1, 0.15) is 24.0 Å². The van der Waals surface area contributed by atoms with E-state index in [1.165, 1.54) is 5.56 Å². The first-order chi connectivity index (χ1) is 10.8. The summed E-state index contributed by atoms with van der Waals surface area (Å²) in [6.45, 7) is 0. The maximum absolute atomic E-state index is 12.0. The molecule has 0 amide bonds. The molecule has 1 aliphatic carbocycles. The molecular weight excluding hydrogens is 276 g/mol. The van der Waals surface area contributed by atoms with Crippen LogP contribution in [0.25, 0.3) is 5.76 Å². The van der Waals surface area contributed by atoms with Crippen molar-refractivity contribution in [2.24, 2.45) is 0 Å². The molecule has 0 radical (unpaired) electrons. The Balaban J connectivity index is 2.03. The van der Waals surface area contributed by atoms with Crippen molar-refractivity contribution < 1.29 is 14.3 Å². The molecule has 0 aliphatic heterocycles. The number of benzene rings is 2. The molecule has 0 saturated carbocycles. The quantitative estimate of drug-likeness (QED) is 0.857. The number of para-hydroxylation sites is 2. The van der Waals surface area contributed by atoms with E-state index in [0.29, 0.717) is 23.7 Å². The van der Waals surface area contributed by atoms with E-state index < -0.39 is 0 Å². The summed E-state index contributed by atoms with van der Waals surface area (Å²) in [6.07, 6.45) is 3.90.